The second kappa shape index (κ2) is 9.38. The van der Waals surface area contributed by atoms with Crippen LogP contribution in [-0.4, -0.2) is 28.9 Å². The van der Waals surface area contributed by atoms with Crippen LogP contribution in [0.25, 0.3) is 0 Å². The molecule has 0 spiro atoms. The van der Waals surface area contributed by atoms with Gasteiger partial charge in [0.1, 0.15) is 11.5 Å². The molecule has 3 unspecified atom stereocenters. The summed E-state index contributed by atoms with van der Waals surface area (Å²) in [6.07, 6.45) is 5.71. The average Bonchev–Trinajstić information content (AvgIpc) is 3.09. The second-order valence-corrected chi connectivity index (χ2v) is 7.92. The fraction of sp³-hybridized carbons (Fsp3) is 0.682. The number of benzene rings is 1. The van der Waals surface area contributed by atoms with Gasteiger partial charge in [-0.1, -0.05) is 39.3 Å². The van der Waals surface area contributed by atoms with Crippen molar-refractivity contribution in [3.8, 4) is 5.75 Å². The summed E-state index contributed by atoms with van der Waals surface area (Å²) < 4.78 is 0. The van der Waals surface area contributed by atoms with Gasteiger partial charge in [0.15, 0.2) is 0 Å². The van der Waals surface area contributed by atoms with Gasteiger partial charge >= 0.3 is 0 Å². The van der Waals surface area contributed by atoms with Crippen molar-refractivity contribution in [2.75, 3.05) is 13.1 Å². The Morgan fingerprint density at radius 1 is 1.20 bits per heavy atom. The molecule has 0 aromatic heterocycles. The van der Waals surface area contributed by atoms with Crippen molar-refractivity contribution in [2.24, 2.45) is 11.8 Å². The predicted molar refractivity (Wildman–Crippen MR) is 104 cm³/mol. The van der Waals surface area contributed by atoms with Crippen LogP contribution < -0.4 is 0 Å². The normalized spacial score (nSPS) is 18.9. The molecule has 1 saturated heterocycles. The number of Topliss-reactive ketones (excluding diaryl/α,β-unsaturated/α-hetero) is 1. The van der Waals surface area contributed by atoms with Crippen LogP contribution in [0.4, 0.5) is 0 Å². The van der Waals surface area contributed by atoms with Gasteiger partial charge in [-0.25, -0.2) is 0 Å². The summed E-state index contributed by atoms with van der Waals surface area (Å²) in [7, 11) is 0. The minimum absolute atomic E-state index is 0.159. The van der Waals surface area contributed by atoms with Crippen molar-refractivity contribution in [3.05, 3.63) is 29.3 Å². The van der Waals surface area contributed by atoms with Crippen LogP contribution in [0.3, 0.4) is 0 Å². The Morgan fingerprint density at radius 3 is 2.48 bits per heavy atom. The van der Waals surface area contributed by atoms with Gasteiger partial charge in [0.05, 0.1) is 0 Å². The number of carbonyl (C=O) groups excluding carboxylic acids is 1. The lowest BCUT2D eigenvalue weighted by Crippen LogP contribution is -2.19. The lowest BCUT2D eigenvalue weighted by molar-refractivity contribution is -0.120. The molecule has 0 aliphatic carbocycles. The van der Waals surface area contributed by atoms with Gasteiger partial charge in [0.2, 0.25) is 0 Å². The Morgan fingerprint density at radius 2 is 1.88 bits per heavy atom. The summed E-state index contributed by atoms with van der Waals surface area (Å²) in [5, 5.41) is 10.2. The SMILES string of the molecule is CCC(CCC(C)C(C)=O)C(C)c1ccc(O)c(CN2CCCC2)c1. The molecule has 3 nitrogen and oxygen atoms in total. The fourth-order valence-electron chi connectivity index (χ4n) is 3.94. The van der Waals surface area contributed by atoms with Crippen LogP contribution in [0, 0.1) is 11.8 Å². The maximum Gasteiger partial charge on any atom is 0.132 e. The van der Waals surface area contributed by atoms with E-state index in [2.05, 4.69) is 30.9 Å². The zero-order chi connectivity index (χ0) is 18.4. The first-order chi connectivity index (χ1) is 11.9. The zero-order valence-electron chi connectivity index (χ0n) is 16.4. The minimum Gasteiger partial charge on any atom is -0.508 e. The largest absolute Gasteiger partial charge is 0.508 e. The summed E-state index contributed by atoms with van der Waals surface area (Å²) in [6.45, 7) is 11.4. The molecule has 1 fully saturated rings. The summed E-state index contributed by atoms with van der Waals surface area (Å²) in [5.74, 6) is 1.89. The average molecular weight is 346 g/mol. The van der Waals surface area contributed by atoms with Gasteiger partial charge in [-0.3, -0.25) is 9.69 Å². The molecule has 3 heteroatoms. The fourth-order valence-corrected chi connectivity index (χ4v) is 3.94. The van der Waals surface area contributed by atoms with E-state index in [-0.39, 0.29) is 5.92 Å². The van der Waals surface area contributed by atoms with E-state index >= 15 is 0 Å². The number of phenolic OH excluding ortho intramolecular Hbond substituents is 1. The molecule has 1 aliphatic heterocycles. The highest BCUT2D eigenvalue weighted by Gasteiger charge is 2.21. The van der Waals surface area contributed by atoms with Crippen molar-refractivity contribution >= 4 is 5.78 Å². The van der Waals surface area contributed by atoms with Crippen LogP contribution in [0.15, 0.2) is 18.2 Å². The van der Waals surface area contributed by atoms with E-state index in [1.165, 1.54) is 18.4 Å². The minimum atomic E-state index is 0.159. The molecule has 1 heterocycles. The molecular weight excluding hydrogens is 310 g/mol. The van der Waals surface area contributed by atoms with Crippen molar-refractivity contribution in [1.82, 2.24) is 4.90 Å². The molecule has 1 aliphatic rings. The molecule has 0 saturated carbocycles. The highest BCUT2D eigenvalue weighted by molar-refractivity contribution is 5.77. The van der Waals surface area contributed by atoms with E-state index in [0.717, 1.165) is 44.5 Å². The molecular formula is C22H35NO2. The van der Waals surface area contributed by atoms with E-state index in [4.69, 9.17) is 0 Å². The number of rotatable bonds is 9. The van der Waals surface area contributed by atoms with E-state index in [1.807, 2.05) is 13.0 Å². The molecule has 1 aromatic rings. The summed E-state index contributed by atoms with van der Waals surface area (Å²) in [6, 6.07) is 6.14. The number of likely N-dealkylation sites (tertiary alicyclic amines) is 1. The maximum atomic E-state index is 11.5. The molecule has 1 N–H and O–H groups in total. The van der Waals surface area contributed by atoms with E-state index < -0.39 is 0 Å². The van der Waals surface area contributed by atoms with E-state index in [9.17, 15) is 9.90 Å². The van der Waals surface area contributed by atoms with Crippen LogP contribution in [0.5, 0.6) is 5.75 Å². The van der Waals surface area contributed by atoms with E-state index in [0.29, 0.717) is 23.4 Å². The van der Waals surface area contributed by atoms with Crippen LogP contribution in [0.1, 0.15) is 76.8 Å². The van der Waals surface area contributed by atoms with Gasteiger partial charge in [-0.2, -0.15) is 0 Å². The van der Waals surface area contributed by atoms with E-state index in [1.54, 1.807) is 6.92 Å². The zero-order valence-corrected chi connectivity index (χ0v) is 16.4. The maximum absolute atomic E-state index is 11.5. The summed E-state index contributed by atoms with van der Waals surface area (Å²) in [4.78, 5) is 13.9. The van der Waals surface area contributed by atoms with Gasteiger partial charge in [0, 0.05) is 18.0 Å². The first-order valence-electron chi connectivity index (χ1n) is 9.97. The number of phenols is 1. The first-order valence-corrected chi connectivity index (χ1v) is 9.97. The van der Waals surface area contributed by atoms with Crippen molar-refractivity contribution < 1.29 is 9.90 Å². The topological polar surface area (TPSA) is 40.5 Å². The van der Waals surface area contributed by atoms with Gasteiger partial charge < -0.3 is 5.11 Å². The van der Waals surface area contributed by atoms with Gasteiger partial charge in [0.25, 0.3) is 0 Å². The third-order valence-corrected chi connectivity index (χ3v) is 6.12. The quantitative estimate of drug-likeness (QED) is 0.675. The Labute approximate surface area is 153 Å². The molecule has 3 atom stereocenters. The number of carbonyl (C=O) groups is 1. The lowest BCUT2D eigenvalue weighted by Gasteiger charge is -2.25. The first kappa shape index (κ1) is 20.0. The highest BCUT2D eigenvalue weighted by Crippen LogP contribution is 2.34. The summed E-state index contributed by atoms with van der Waals surface area (Å²) in [5.41, 5.74) is 2.37. The molecule has 0 radical (unpaired) electrons. The number of aromatic hydroxyl groups is 1. The molecule has 25 heavy (non-hydrogen) atoms. The smallest absolute Gasteiger partial charge is 0.132 e. The van der Waals surface area contributed by atoms with Crippen LogP contribution in [0.2, 0.25) is 0 Å². The molecule has 1 aromatic carbocycles. The van der Waals surface area contributed by atoms with Gasteiger partial charge in [-0.15, -0.1) is 0 Å². The summed E-state index contributed by atoms with van der Waals surface area (Å²) >= 11 is 0. The second-order valence-electron chi connectivity index (χ2n) is 7.92. The highest BCUT2D eigenvalue weighted by atomic mass is 16.3. The lowest BCUT2D eigenvalue weighted by atomic mass is 9.80. The third kappa shape index (κ3) is 5.57. The Hall–Kier alpha value is -1.35. The van der Waals surface area contributed by atoms with Crippen LogP contribution in [-0.2, 0) is 11.3 Å². The number of hydrogen-bond donors (Lipinski definition) is 1. The standard InChI is InChI=1S/C22H35NO2/c1-5-19(9-8-16(2)18(4)24)17(3)20-10-11-22(25)21(14-20)15-23-12-6-7-13-23/h10-11,14,16-17,19,25H,5-9,12-13,15H2,1-4H3. The van der Waals surface area contributed by atoms with Crippen molar-refractivity contribution in [2.45, 2.75) is 72.3 Å². The van der Waals surface area contributed by atoms with Gasteiger partial charge in [-0.05, 0) is 69.2 Å². The third-order valence-electron chi connectivity index (χ3n) is 6.12. The Balaban J connectivity index is 2.05. The number of ketones is 1. The Bertz CT molecular complexity index is 563. The molecule has 2 rings (SSSR count). The van der Waals surface area contributed by atoms with Crippen molar-refractivity contribution in [1.29, 1.82) is 0 Å². The molecule has 140 valence electrons. The predicted octanol–water partition coefficient (Wildman–Crippen LogP) is 5.12. The molecule has 0 bridgehead atoms. The van der Waals surface area contributed by atoms with Crippen molar-refractivity contribution in [3.63, 3.8) is 0 Å². The monoisotopic (exact) mass is 345 g/mol. The van der Waals surface area contributed by atoms with Crippen LogP contribution >= 0.6 is 0 Å². The number of nitrogens with zero attached hydrogens (tertiary/aromatic N) is 1. The number of hydrogen-bond acceptors (Lipinski definition) is 3. The molecule has 0 amide bonds. The Kier molecular flexibility index (Phi) is 7.49.